The van der Waals surface area contributed by atoms with Crippen molar-refractivity contribution in [1.82, 2.24) is 9.97 Å². The quantitative estimate of drug-likeness (QED) is 0.247. The Labute approximate surface area is 203 Å². The summed E-state index contributed by atoms with van der Waals surface area (Å²) in [5, 5.41) is 9.98. The minimum absolute atomic E-state index is 0. The van der Waals surface area contributed by atoms with Crippen LogP contribution in [0, 0.1) is 12.1 Å². The number of benzene rings is 2. The molecule has 2 aromatic heterocycles. The van der Waals surface area contributed by atoms with Crippen molar-refractivity contribution in [2.24, 2.45) is 0 Å². The molecule has 4 rings (SSSR count). The van der Waals surface area contributed by atoms with Gasteiger partial charge in [0.25, 0.3) is 0 Å². The summed E-state index contributed by atoms with van der Waals surface area (Å²) in [5.41, 5.74) is 4.02. The van der Waals surface area contributed by atoms with E-state index in [0.29, 0.717) is 0 Å². The Bertz CT molecular complexity index is 902. The van der Waals surface area contributed by atoms with Gasteiger partial charge in [0.05, 0.1) is 11.4 Å². The molecule has 0 saturated heterocycles. The standard InChI is InChI=1S/2C11H8N.C5H8O2.Ir/c2*1-2-6-10(7-3-1)11-8-4-5-9-12-11;1-4(6)3-5(2)7;/h2*1-6,8-9H;3,6H,1-2H3;/p-1. The van der Waals surface area contributed by atoms with Crippen LogP contribution in [0.25, 0.3) is 22.5 Å². The summed E-state index contributed by atoms with van der Waals surface area (Å²) in [6.07, 6.45) is 4.63. The first-order valence-corrected chi connectivity index (χ1v) is 9.68. The van der Waals surface area contributed by atoms with Crippen LogP contribution in [0.3, 0.4) is 0 Å². The molecule has 4 nitrogen and oxygen atoms in total. The summed E-state index contributed by atoms with van der Waals surface area (Å²) in [5.74, 6) is -0.375. The summed E-state index contributed by atoms with van der Waals surface area (Å²) < 4.78 is 0. The Morgan fingerprint density at radius 1 is 0.750 bits per heavy atom. The average molecular weight is 600 g/mol. The van der Waals surface area contributed by atoms with Gasteiger partial charge in [-0.2, -0.15) is 0 Å². The second-order valence-corrected chi connectivity index (χ2v) is 6.35. The zero-order chi connectivity index (χ0) is 22.3. The largest absolute Gasteiger partial charge is 0.876 e. The molecule has 0 spiro atoms. The van der Waals surface area contributed by atoms with Gasteiger partial charge in [-0.1, -0.05) is 67.6 Å². The Balaban J connectivity index is 0.000000246. The molecule has 163 valence electrons. The van der Waals surface area contributed by atoms with Crippen molar-refractivity contribution in [2.75, 3.05) is 0 Å². The predicted molar refractivity (Wildman–Crippen MR) is 121 cm³/mol. The Morgan fingerprint density at radius 3 is 1.44 bits per heavy atom. The molecule has 4 aromatic rings. The summed E-state index contributed by atoms with van der Waals surface area (Å²) in [6, 6.07) is 33.6. The van der Waals surface area contributed by atoms with Gasteiger partial charge in [-0.05, 0) is 49.4 Å². The van der Waals surface area contributed by atoms with Crippen LogP contribution in [-0.2, 0) is 24.9 Å². The van der Waals surface area contributed by atoms with E-state index in [2.05, 4.69) is 22.1 Å². The van der Waals surface area contributed by atoms with E-state index in [0.717, 1.165) is 28.6 Å². The molecule has 0 bridgehead atoms. The number of nitrogens with zero attached hydrogens (tertiary/aromatic N) is 2. The van der Waals surface area contributed by atoms with Crippen LogP contribution in [0.15, 0.2) is 109 Å². The number of pyridine rings is 2. The van der Waals surface area contributed by atoms with Crippen LogP contribution in [0.4, 0.5) is 0 Å². The van der Waals surface area contributed by atoms with Crippen LogP contribution in [-0.4, -0.2) is 15.8 Å². The Hall–Kier alpha value is -3.40. The first-order valence-electron chi connectivity index (χ1n) is 9.68. The smallest absolute Gasteiger partial charge is 0.151 e. The SMILES string of the molecule is CC(=O)C=C(C)[O-].[Ir].[c]1ccccc1-c1ccccn1.[c]1ccccc1-c1ccccn1. The Morgan fingerprint density at radius 2 is 1.19 bits per heavy atom. The predicted octanol–water partition coefficient (Wildman–Crippen LogP) is 4.93. The van der Waals surface area contributed by atoms with Crippen LogP contribution < -0.4 is 5.11 Å². The van der Waals surface area contributed by atoms with Gasteiger partial charge in [-0.15, -0.1) is 5.76 Å². The van der Waals surface area contributed by atoms with Crippen molar-refractivity contribution >= 4 is 5.78 Å². The molecule has 0 atom stereocenters. The van der Waals surface area contributed by atoms with Crippen molar-refractivity contribution in [2.45, 2.75) is 13.8 Å². The molecular formula is C27H23IrN2O2-. The summed E-state index contributed by atoms with van der Waals surface area (Å²) in [4.78, 5) is 18.4. The number of ketones is 1. The van der Waals surface area contributed by atoms with E-state index in [1.165, 1.54) is 13.8 Å². The molecule has 0 aliphatic rings. The maximum absolute atomic E-state index is 9.98. The molecule has 0 N–H and O–H groups in total. The summed E-state index contributed by atoms with van der Waals surface area (Å²) >= 11 is 0. The van der Waals surface area contributed by atoms with E-state index < -0.39 is 0 Å². The van der Waals surface area contributed by atoms with Gasteiger partial charge < -0.3 is 5.11 Å². The van der Waals surface area contributed by atoms with Crippen LogP contribution >= 0.6 is 0 Å². The molecule has 0 fully saturated rings. The van der Waals surface area contributed by atoms with Gasteiger partial charge in [0.2, 0.25) is 0 Å². The third kappa shape index (κ3) is 10.6. The van der Waals surface area contributed by atoms with E-state index in [9.17, 15) is 9.90 Å². The van der Waals surface area contributed by atoms with Crippen LogP contribution in [0.5, 0.6) is 0 Å². The molecule has 0 saturated carbocycles. The van der Waals surface area contributed by atoms with Crippen molar-refractivity contribution in [3.8, 4) is 22.5 Å². The number of carbonyl (C=O) groups excluding carboxylic acids is 1. The molecule has 0 amide bonds. The number of hydrogen-bond acceptors (Lipinski definition) is 4. The van der Waals surface area contributed by atoms with Crippen LogP contribution in [0.2, 0.25) is 0 Å². The maximum atomic E-state index is 9.98. The van der Waals surface area contributed by atoms with Gasteiger partial charge in [0, 0.05) is 43.6 Å². The number of carbonyl (C=O) groups is 1. The fourth-order valence-corrected chi connectivity index (χ4v) is 2.44. The third-order valence-corrected chi connectivity index (χ3v) is 3.71. The molecule has 2 heterocycles. The minimum Gasteiger partial charge on any atom is -0.876 e. The van der Waals surface area contributed by atoms with Crippen molar-refractivity contribution in [3.63, 3.8) is 0 Å². The van der Waals surface area contributed by atoms with E-state index in [1.54, 1.807) is 12.4 Å². The fraction of sp³-hybridized carbons (Fsp3) is 0.0741. The van der Waals surface area contributed by atoms with Crippen LogP contribution in [0.1, 0.15) is 13.8 Å². The van der Waals surface area contributed by atoms with Crippen molar-refractivity contribution < 1.29 is 30.0 Å². The van der Waals surface area contributed by atoms with E-state index in [1.807, 2.05) is 84.9 Å². The van der Waals surface area contributed by atoms with Crippen molar-refractivity contribution in [3.05, 3.63) is 121 Å². The van der Waals surface area contributed by atoms with Gasteiger partial charge in [-0.25, -0.2) is 0 Å². The zero-order valence-corrected chi connectivity index (χ0v) is 20.3. The second-order valence-electron chi connectivity index (χ2n) is 6.35. The second kappa shape index (κ2) is 15.4. The topological polar surface area (TPSA) is 65.9 Å². The number of aromatic nitrogens is 2. The van der Waals surface area contributed by atoms with E-state index >= 15 is 0 Å². The molecule has 5 heteroatoms. The van der Waals surface area contributed by atoms with Crippen molar-refractivity contribution in [1.29, 1.82) is 0 Å². The first-order chi connectivity index (χ1) is 15.1. The molecule has 32 heavy (non-hydrogen) atoms. The number of allylic oxidation sites excluding steroid dienone is 2. The summed E-state index contributed by atoms with van der Waals surface area (Å²) in [7, 11) is 0. The number of rotatable bonds is 3. The molecular weight excluding hydrogens is 577 g/mol. The van der Waals surface area contributed by atoms with E-state index in [-0.39, 0.29) is 31.6 Å². The van der Waals surface area contributed by atoms with Gasteiger partial charge in [-0.3, -0.25) is 14.8 Å². The first kappa shape index (κ1) is 26.6. The Kier molecular flexibility index (Phi) is 12.8. The van der Waals surface area contributed by atoms with Gasteiger partial charge in [0.1, 0.15) is 0 Å². The number of hydrogen-bond donors (Lipinski definition) is 0. The molecule has 0 unspecified atom stereocenters. The molecule has 0 aliphatic heterocycles. The summed E-state index contributed by atoms with van der Waals surface area (Å²) in [6.45, 7) is 2.70. The van der Waals surface area contributed by atoms with E-state index in [4.69, 9.17) is 0 Å². The van der Waals surface area contributed by atoms with Gasteiger partial charge >= 0.3 is 0 Å². The minimum atomic E-state index is -0.187. The fourth-order valence-electron chi connectivity index (χ4n) is 2.44. The maximum Gasteiger partial charge on any atom is 0.151 e. The third-order valence-electron chi connectivity index (χ3n) is 3.71. The average Bonchev–Trinajstić information content (AvgIpc) is 2.81. The zero-order valence-electron chi connectivity index (χ0n) is 17.9. The van der Waals surface area contributed by atoms with Gasteiger partial charge in [0.15, 0.2) is 5.78 Å². The molecule has 2 aromatic carbocycles. The normalized spacial score (nSPS) is 9.75. The molecule has 0 aliphatic carbocycles. The molecule has 3 radical (unpaired) electrons. The monoisotopic (exact) mass is 600 g/mol.